The predicted octanol–water partition coefficient (Wildman–Crippen LogP) is 2.77. The Morgan fingerprint density at radius 1 is 1.13 bits per heavy atom. The fraction of sp³-hybridized carbons (Fsp3) is 0.300. The average Bonchev–Trinajstić information content (AvgIpc) is 2.72. The van der Waals surface area contributed by atoms with Crippen LogP contribution in [-0.2, 0) is 19.6 Å². The maximum absolute atomic E-state index is 12.3. The highest BCUT2D eigenvalue weighted by molar-refractivity contribution is 7.98. The molecule has 10 heteroatoms. The molecule has 0 saturated heterocycles. The summed E-state index contributed by atoms with van der Waals surface area (Å²) in [5.74, 6) is -0.939. The van der Waals surface area contributed by atoms with Gasteiger partial charge in [0.1, 0.15) is 11.3 Å². The Morgan fingerprint density at radius 3 is 2.43 bits per heavy atom. The second-order valence-electron chi connectivity index (χ2n) is 6.45. The highest BCUT2D eigenvalue weighted by atomic mass is 32.2. The first-order chi connectivity index (χ1) is 14.1. The van der Waals surface area contributed by atoms with E-state index in [2.05, 4.69) is 5.32 Å². The monoisotopic (exact) mass is 452 g/mol. The first kappa shape index (κ1) is 23.7. The van der Waals surface area contributed by atoms with Gasteiger partial charge in [0.15, 0.2) is 6.61 Å². The van der Waals surface area contributed by atoms with E-state index in [1.54, 1.807) is 31.2 Å². The molecule has 0 spiro atoms. The molecule has 0 aliphatic rings. The number of hydrogen-bond acceptors (Lipinski definition) is 7. The fourth-order valence-corrected chi connectivity index (χ4v) is 3.83. The van der Waals surface area contributed by atoms with Crippen LogP contribution in [0.15, 0.2) is 46.2 Å². The summed E-state index contributed by atoms with van der Waals surface area (Å²) in [7, 11) is 0.646. The van der Waals surface area contributed by atoms with Crippen LogP contribution >= 0.6 is 11.8 Å². The van der Waals surface area contributed by atoms with Crippen LogP contribution in [0.4, 0.5) is 5.69 Å². The molecule has 2 aromatic carbocycles. The number of benzene rings is 2. The summed E-state index contributed by atoms with van der Waals surface area (Å²) in [4.78, 5) is 25.6. The van der Waals surface area contributed by atoms with Gasteiger partial charge < -0.3 is 14.8 Å². The molecule has 0 unspecified atom stereocenters. The average molecular weight is 453 g/mol. The predicted molar refractivity (Wildman–Crippen MR) is 116 cm³/mol. The molecule has 0 heterocycles. The zero-order valence-corrected chi connectivity index (χ0v) is 19.0. The van der Waals surface area contributed by atoms with Crippen LogP contribution in [0, 0.1) is 6.92 Å². The number of esters is 1. The van der Waals surface area contributed by atoms with Gasteiger partial charge in [0.25, 0.3) is 5.91 Å². The summed E-state index contributed by atoms with van der Waals surface area (Å²) in [6.45, 7) is 1.20. The number of anilines is 1. The number of aryl methyl sites for hydroxylation is 1. The van der Waals surface area contributed by atoms with E-state index >= 15 is 0 Å². The van der Waals surface area contributed by atoms with Crippen molar-refractivity contribution in [3.8, 4) is 5.75 Å². The summed E-state index contributed by atoms with van der Waals surface area (Å²) in [6, 6.07) is 9.46. The summed E-state index contributed by atoms with van der Waals surface area (Å²) in [5, 5.41) is 2.58. The number of carbonyl (C=O) groups is 2. The number of sulfonamides is 1. The SMILES string of the molecule is COc1cc(SC)ccc1C(=O)OCC(=O)Nc1cc(S(=O)(=O)N(C)C)ccc1C. The Labute approximate surface area is 180 Å². The van der Waals surface area contributed by atoms with E-state index < -0.39 is 28.5 Å². The molecule has 0 radical (unpaired) electrons. The summed E-state index contributed by atoms with van der Waals surface area (Å²) >= 11 is 1.50. The molecule has 0 fully saturated rings. The van der Waals surface area contributed by atoms with Gasteiger partial charge in [-0.15, -0.1) is 11.8 Å². The highest BCUT2D eigenvalue weighted by Crippen LogP contribution is 2.26. The van der Waals surface area contributed by atoms with Crippen molar-refractivity contribution < 1.29 is 27.5 Å². The zero-order valence-electron chi connectivity index (χ0n) is 17.4. The Balaban J connectivity index is 2.09. The number of ether oxygens (including phenoxy) is 2. The lowest BCUT2D eigenvalue weighted by Gasteiger charge is -2.14. The molecule has 0 atom stereocenters. The minimum Gasteiger partial charge on any atom is -0.496 e. The lowest BCUT2D eigenvalue weighted by molar-refractivity contribution is -0.119. The molecule has 2 aromatic rings. The molecule has 1 amide bonds. The number of amides is 1. The summed E-state index contributed by atoms with van der Waals surface area (Å²) < 4.78 is 36.0. The normalized spacial score (nSPS) is 11.3. The second-order valence-corrected chi connectivity index (χ2v) is 9.49. The van der Waals surface area contributed by atoms with Crippen molar-refractivity contribution in [3.05, 3.63) is 47.5 Å². The van der Waals surface area contributed by atoms with Gasteiger partial charge in [-0.3, -0.25) is 4.79 Å². The standard InChI is InChI=1S/C20H24N2O6S2/c1-13-6-8-15(30(25,26)22(2)3)11-17(13)21-19(23)12-28-20(24)16-9-7-14(29-5)10-18(16)27-4/h6-11H,12H2,1-5H3,(H,21,23). The van der Waals surface area contributed by atoms with E-state index in [-0.39, 0.29) is 10.5 Å². The van der Waals surface area contributed by atoms with Crippen LogP contribution in [0.1, 0.15) is 15.9 Å². The van der Waals surface area contributed by atoms with E-state index in [0.29, 0.717) is 17.0 Å². The maximum Gasteiger partial charge on any atom is 0.342 e. The van der Waals surface area contributed by atoms with Gasteiger partial charge in [-0.1, -0.05) is 6.07 Å². The molecule has 1 N–H and O–H groups in total. The van der Waals surface area contributed by atoms with Gasteiger partial charge in [-0.05, 0) is 49.1 Å². The van der Waals surface area contributed by atoms with Gasteiger partial charge in [0.2, 0.25) is 10.0 Å². The lowest BCUT2D eigenvalue weighted by Crippen LogP contribution is -2.24. The van der Waals surface area contributed by atoms with Gasteiger partial charge in [-0.2, -0.15) is 0 Å². The molecule has 0 aromatic heterocycles. The van der Waals surface area contributed by atoms with Crippen molar-refractivity contribution in [1.82, 2.24) is 4.31 Å². The fourth-order valence-electron chi connectivity index (χ4n) is 2.47. The van der Waals surface area contributed by atoms with Crippen molar-refractivity contribution >= 4 is 39.3 Å². The van der Waals surface area contributed by atoms with Crippen molar-refractivity contribution in [3.63, 3.8) is 0 Å². The van der Waals surface area contributed by atoms with E-state index in [0.717, 1.165) is 9.20 Å². The molecule has 162 valence electrons. The smallest absolute Gasteiger partial charge is 0.342 e. The largest absolute Gasteiger partial charge is 0.496 e. The van der Waals surface area contributed by atoms with Crippen molar-refractivity contribution in [1.29, 1.82) is 0 Å². The molecule has 0 aliphatic carbocycles. The quantitative estimate of drug-likeness (QED) is 0.485. The molecule has 8 nitrogen and oxygen atoms in total. The number of nitrogens with zero attached hydrogens (tertiary/aromatic N) is 1. The third-order valence-corrected chi connectivity index (χ3v) is 6.76. The van der Waals surface area contributed by atoms with E-state index in [4.69, 9.17) is 9.47 Å². The number of thioether (sulfide) groups is 1. The highest BCUT2D eigenvalue weighted by Gasteiger charge is 2.20. The third kappa shape index (κ3) is 5.53. The van der Waals surface area contributed by atoms with E-state index in [9.17, 15) is 18.0 Å². The summed E-state index contributed by atoms with van der Waals surface area (Å²) in [6.07, 6.45) is 1.90. The number of carbonyl (C=O) groups excluding carboxylic acids is 2. The maximum atomic E-state index is 12.3. The number of rotatable bonds is 8. The Bertz CT molecular complexity index is 1050. The molecular weight excluding hydrogens is 428 g/mol. The molecule has 0 saturated carbocycles. The Hall–Kier alpha value is -2.56. The molecule has 2 rings (SSSR count). The number of methoxy groups -OCH3 is 1. The van der Waals surface area contributed by atoms with Gasteiger partial charge >= 0.3 is 5.97 Å². The summed E-state index contributed by atoms with van der Waals surface area (Å²) in [5.41, 5.74) is 1.20. The topological polar surface area (TPSA) is 102 Å². The van der Waals surface area contributed by atoms with Crippen LogP contribution in [0.3, 0.4) is 0 Å². The van der Waals surface area contributed by atoms with Gasteiger partial charge in [0, 0.05) is 24.7 Å². The number of nitrogens with one attached hydrogen (secondary N) is 1. The Kier molecular flexibility index (Phi) is 7.88. The molecule has 0 bridgehead atoms. The third-order valence-electron chi connectivity index (χ3n) is 4.22. The molecule has 30 heavy (non-hydrogen) atoms. The minimum atomic E-state index is -3.65. The first-order valence-corrected chi connectivity index (χ1v) is 11.5. The Morgan fingerprint density at radius 2 is 1.83 bits per heavy atom. The zero-order chi connectivity index (χ0) is 22.5. The van der Waals surface area contributed by atoms with Crippen molar-refractivity contribution in [2.75, 3.05) is 39.4 Å². The molecular formula is C20H24N2O6S2. The van der Waals surface area contributed by atoms with Crippen LogP contribution in [-0.4, -0.2) is 58.7 Å². The van der Waals surface area contributed by atoms with Gasteiger partial charge in [0.05, 0.1) is 12.0 Å². The first-order valence-electron chi connectivity index (χ1n) is 8.82. The van der Waals surface area contributed by atoms with Crippen LogP contribution < -0.4 is 10.1 Å². The minimum absolute atomic E-state index is 0.0454. The van der Waals surface area contributed by atoms with Gasteiger partial charge in [-0.25, -0.2) is 17.5 Å². The van der Waals surface area contributed by atoms with E-state index in [1.165, 1.54) is 45.1 Å². The van der Waals surface area contributed by atoms with E-state index in [1.807, 2.05) is 6.26 Å². The number of hydrogen-bond donors (Lipinski definition) is 1. The second kappa shape index (κ2) is 9.96. The van der Waals surface area contributed by atoms with Crippen LogP contribution in [0.2, 0.25) is 0 Å². The van der Waals surface area contributed by atoms with Crippen molar-refractivity contribution in [2.24, 2.45) is 0 Å². The lowest BCUT2D eigenvalue weighted by atomic mass is 10.2. The van der Waals surface area contributed by atoms with Crippen LogP contribution in [0.25, 0.3) is 0 Å². The van der Waals surface area contributed by atoms with Crippen molar-refractivity contribution in [2.45, 2.75) is 16.7 Å². The molecule has 0 aliphatic heterocycles. The van der Waals surface area contributed by atoms with Crippen LogP contribution in [0.5, 0.6) is 5.75 Å².